The van der Waals surface area contributed by atoms with Crippen molar-refractivity contribution in [2.45, 2.75) is 13.0 Å². The molecule has 0 saturated carbocycles. The Bertz CT molecular complexity index is 349. The predicted molar refractivity (Wildman–Crippen MR) is 46.3 cm³/mol. The third-order valence-corrected chi connectivity index (χ3v) is 2.07. The van der Waals surface area contributed by atoms with Crippen LogP contribution in [0.1, 0.15) is 11.3 Å². The first-order valence-electron chi connectivity index (χ1n) is 4.08. The van der Waals surface area contributed by atoms with E-state index < -0.39 is 0 Å². The van der Waals surface area contributed by atoms with E-state index in [2.05, 4.69) is 10.3 Å². The number of aromatic nitrogens is 1. The standard InChI is InChI=1S/C9H10N2O2/c1-13-7-2-6-4-11-9(12)3-8(6)10-5-7/h2,5H,3-4H2,1H3,(H,11,12). The summed E-state index contributed by atoms with van der Waals surface area (Å²) in [6, 6.07) is 1.90. The number of nitrogens with zero attached hydrogens (tertiary/aromatic N) is 1. The molecule has 0 atom stereocenters. The summed E-state index contributed by atoms with van der Waals surface area (Å²) in [5.41, 5.74) is 1.89. The van der Waals surface area contributed by atoms with Crippen molar-refractivity contribution in [3.8, 4) is 5.75 Å². The first-order chi connectivity index (χ1) is 6.29. The summed E-state index contributed by atoms with van der Waals surface area (Å²) in [5, 5.41) is 2.76. The summed E-state index contributed by atoms with van der Waals surface area (Å²) in [6.07, 6.45) is 2.01. The highest BCUT2D eigenvalue weighted by atomic mass is 16.5. The molecule has 1 aromatic rings. The molecule has 1 amide bonds. The first-order valence-corrected chi connectivity index (χ1v) is 4.08. The van der Waals surface area contributed by atoms with Gasteiger partial charge in [-0.05, 0) is 11.6 Å². The van der Waals surface area contributed by atoms with Gasteiger partial charge >= 0.3 is 0 Å². The molecule has 0 aromatic carbocycles. The van der Waals surface area contributed by atoms with Gasteiger partial charge < -0.3 is 10.1 Å². The number of fused-ring (bicyclic) bond motifs is 1. The number of hydrogen-bond donors (Lipinski definition) is 1. The van der Waals surface area contributed by atoms with Gasteiger partial charge in [0.1, 0.15) is 5.75 Å². The largest absolute Gasteiger partial charge is 0.495 e. The van der Waals surface area contributed by atoms with E-state index in [1.165, 1.54) is 0 Å². The second kappa shape index (κ2) is 3.05. The normalized spacial score (nSPS) is 14.7. The van der Waals surface area contributed by atoms with Gasteiger partial charge in [-0.2, -0.15) is 0 Å². The number of carbonyl (C=O) groups excluding carboxylic acids is 1. The highest BCUT2D eigenvalue weighted by Crippen LogP contribution is 2.17. The van der Waals surface area contributed by atoms with Gasteiger partial charge in [0.2, 0.25) is 5.91 Å². The van der Waals surface area contributed by atoms with Crippen molar-refractivity contribution in [3.05, 3.63) is 23.5 Å². The zero-order valence-electron chi connectivity index (χ0n) is 7.33. The molecule has 0 fully saturated rings. The van der Waals surface area contributed by atoms with Gasteiger partial charge in [-0.1, -0.05) is 0 Å². The molecule has 0 spiro atoms. The molecule has 1 aromatic heterocycles. The molecule has 0 bridgehead atoms. The van der Waals surface area contributed by atoms with Crippen molar-refractivity contribution in [1.29, 1.82) is 0 Å². The summed E-state index contributed by atoms with van der Waals surface area (Å²) in [6.45, 7) is 0.554. The zero-order valence-corrected chi connectivity index (χ0v) is 7.33. The lowest BCUT2D eigenvalue weighted by Crippen LogP contribution is -2.30. The number of ether oxygens (including phenoxy) is 1. The van der Waals surface area contributed by atoms with E-state index in [0.29, 0.717) is 13.0 Å². The molecule has 1 aliphatic rings. The van der Waals surface area contributed by atoms with Crippen LogP contribution in [0.15, 0.2) is 12.3 Å². The minimum Gasteiger partial charge on any atom is -0.495 e. The van der Waals surface area contributed by atoms with Crippen LogP contribution in [0.3, 0.4) is 0 Å². The van der Waals surface area contributed by atoms with Crippen LogP contribution >= 0.6 is 0 Å². The molecule has 4 nitrogen and oxygen atoms in total. The molecule has 1 aliphatic heterocycles. The maximum Gasteiger partial charge on any atom is 0.226 e. The van der Waals surface area contributed by atoms with Crippen LogP contribution in [0, 0.1) is 0 Å². The van der Waals surface area contributed by atoms with Gasteiger partial charge in [0, 0.05) is 6.54 Å². The Morgan fingerprint density at radius 2 is 2.46 bits per heavy atom. The number of methoxy groups -OCH3 is 1. The predicted octanol–water partition coefficient (Wildman–Crippen LogP) is 0.262. The SMILES string of the molecule is COc1cnc2c(c1)CNC(=O)C2. The fraction of sp³-hybridized carbons (Fsp3) is 0.333. The minimum absolute atomic E-state index is 0.0326. The van der Waals surface area contributed by atoms with Crippen LogP contribution in [0.5, 0.6) is 5.75 Å². The molecule has 0 radical (unpaired) electrons. The van der Waals surface area contributed by atoms with Gasteiger partial charge in [-0.3, -0.25) is 9.78 Å². The van der Waals surface area contributed by atoms with Crippen molar-refractivity contribution in [2.75, 3.05) is 7.11 Å². The van der Waals surface area contributed by atoms with Crippen molar-refractivity contribution >= 4 is 5.91 Å². The van der Waals surface area contributed by atoms with Crippen molar-refractivity contribution in [2.24, 2.45) is 0 Å². The molecule has 2 heterocycles. The van der Waals surface area contributed by atoms with E-state index >= 15 is 0 Å². The zero-order chi connectivity index (χ0) is 9.26. The van der Waals surface area contributed by atoms with Crippen molar-refractivity contribution < 1.29 is 9.53 Å². The lowest BCUT2D eigenvalue weighted by molar-refractivity contribution is -0.121. The minimum atomic E-state index is 0.0326. The van der Waals surface area contributed by atoms with Gasteiger partial charge in [-0.15, -0.1) is 0 Å². The van der Waals surface area contributed by atoms with Crippen LogP contribution < -0.4 is 10.1 Å². The maximum absolute atomic E-state index is 11.0. The molecule has 0 saturated heterocycles. The average molecular weight is 178 g/mol. The Hall–Kier alpha value is -1.58. The van der Waals surface area contributed by atoms with Crippen LogP contribution in [-0.4, -0.2) is 18.0 Å². The Morgan fingerprint density at radius 3 is 3.23 bits per heavy atom. The van der Waals surface area contributed by atoms with E-state index in [4.69, 9.17) is 4.74 Å². The van der Waals surface area contributed by atoms with E-state index in [-0.39, 0.29) is 5.91 Å². The molecule has 1 N–H and O–H groups in total. The number of pyridine rings is 1. The molecule has 68 valence electrons. The fourth-order valence-corrected chi connectivity index (χ4v) is 1.35. The lowest BCUT2D eigenvalue weighted by Gasteiger charge is -2.15. The van der Waals surface area contributed by atoms with Gasteiger partial charge in [-0.25, -0.2) is 0 Å². The van der Waals surface area contributed by atoms with E-state index in [9.17, 15) is 4.79 Å². The van der Waals surface area contributed by atoms with Gasteiger partial charge in [0.05, 0.1) is 25.4 Å². The molecule has 13 heavy (non-hydrogen) atoms. The van der Waals surface area contributed by atoms with E-state index in [0.717, 1.165) is 17.0 Å². The molecular formula is C9H10N2O2. The Kier molecular flexibility index (Phi) is 1.88. The van der Waals surface area contributed by atoms with Crippen molar-refractivity contribution in [1.82, 2.24) is 10.3 Å². The van der Waals surface area contributed by atoms with Crippen LogP contribution in [0.25, 0.3) is 0 Å². The average Bonchev–Trinajstić information content (AvgIpc) is 2.17. The van der Waals surface area contributed by atoms with Crippen LogP contribution in [0.2, 0.25) is 0 Å². The number of carbonyl (C=O) groups is 1. The fourth-order valence-electron chi connectivity index (χ4n) is 1.35. The summed E-state index contributed by atoms with van der Waals surface area (Å²) < 4.78 is 5.03. The Balaban J connectivity index is 2.36. The highest BCUT2D eigenvalue weighted by Gasteiger charge is 2.15. The molecule has 0 unspecified atom stereocenters. The summed E-state index contributed by atoms with van der Waals surface area (Å²) in [4.78, 5) is 15.2. The maximum atomic E-state index is 11.0. The van der Waals surface area contributed by atoms with Gasteiger partial charge in [0.25, 0.3) is 0 Å². The smallest absolute Gasteiger partial charge is 0.226 e. The molecular weight excluding hydrogens is 168 g/mol. The molecule has 4 heteroatoms. The van der Waals surface area contributed by atoms with Gasteiger partial charge in [0.15, 0.2) is 0 Å². The molecule has 2 rings (SSSR count). The van der Waals surface area contributed by atoms with E-state index in [1.807, 2.05) is 6.07 Å². The van der Waals surface area contributed by atoms with Crippen LogP contribution in [-0.2, 0) is 17.8 Å². The monoisotopic (exact) mass is 178 g/mol. The summed E-state index contributed by atoms with van der Waals surface area (Å²) in [7, 11) is 1.60. The van der Waals surface area contributed by atoms with E-state index in [1.54, 1.807) is 13.3 Å². The lowest BCUT2D eigenvalue weighted by atomic mass is 10.1. The second-order valence-electron chi connectivity index (χ2n) is 2.93. The number of nitrogens with one attached hydrogen (secondary N) is 1. The first kappa shape index (κ1) is 8.04. The number of amides is 1. The number of hydrogen-bond acceptors (Lipinski definition) is 3. The third kappa shape index (κ3) is 1.47. The van der Waals surface area contributed by atoms with Crippen molar-refractivity contribution in [3.63, 3.8) is 0 Å². The Morgan fingerprint density at radius 1 is 1.62 bits per heavy atom. The summed E-state index contributed by atoms with van der Waals surface area (Å²) in [5.74, 6) is 0.764. The Labute approximate surface area is 75.9 Å². The third-order valence-electron chi connectivity index (χ3n) is 2.07. The highest BCUT2D eigenvalue weighted by molar-refractivity contribution is 5.80. The quantitative estimate of drug-likeness (QED) is 0.671. The molecule has 0 aliphatic carbocycles. The van der Waals surface area contributed by atoms with Crippen LogP contribution in [0.4, 0.5) is 0 Å². The number of rotatable bonds is 1. The topological polar surface area (TPSA) is 51.2 Å². The second-order valence-corrected chi connectivity index (χ2v) is 2.93. The summed E-state index contributed by atoms with van der Waals surface area (Å²) >= 11 is 0.